The summed E-state index contributed by atoms with van der Waals surface area (Å²) in [5.41, 5.74) is 1.05. The molecule has 2 rings (SSSR count). The van der Waals surface area contributed by atoms with Crippen LogP contribution in [0.15, 0.2) is 12.1 Å². The van der Waals surface area contributed by atoms with Crippen LogP contribution < -0.4 is 5.32 Å². The summed E-state index contributed by atoms with van der Waals surface area (Å²) in [6, 6.07) is 3.66. The Hall–Kier alpha value is -1.58. The summed E-state index contributed by atoms with van der Waals surface area (Å²) < 4.78 is 0. The smallest absolute Gasteiger partial charge is 0.335 e. The zero-order valence-corrected chi connectivity index (χ0v) is 11.6. The molecule has 0 bridgehead atoms. The molecule has 2 atom stereocenters. The minimum atomic E-state index is -0.899. The van der Waals surface area contributed by atoms with Crippen LogP contribution in [0.25, 0.3) is 0 Å². The molecule has 4 heteroatoms. The maximum Gasteiger partial charge on any atom is 0.335 e. The number of aromatic nitrogens is 1. The third kappa shape index (κ3) is 3.46. The molecule has 4 nitrogen and oxygen atoms in total. The SMILES string of the molecule is CCC1CCCCC1Nc1cc(C(=O)O)cc(C)n1. The summed E-state index contributed by atoms with van der Waals surface area (Å²) >= 11 is 0. The molecule has 0 saturated heterocycles. The van der Waals surface area contributed by atoms with Crippen LogP contribution in [0.5, 0.6) is 0 Å². The van der Waals surface area contributed by atoms with E-state index in [1.54, 1.807) is 12.1 Å². The van der Waals surface area contributed by atoms with Gasteiger partial charge in [-0.05, 0) is 37.8 Å². The average Bonchev–Trinajstić information content (AvgIpc) is 2.38. The van der Waals surface area contributed by atoms with E-state index in [-0.39, 0.29) is 0 Å². The van der Waals surface area contributed by atoms with E-state index in [4.69, 9.17) is 5.11 Å². The zero-order chi connectivity index (χ0) is 13.8. The first-order valence-electron chi connectivity index (χ1n) is 7.08. The van der Waals surface area contributed by atoms with Gasteiger partial charge in [0, 0.05) is 11.7 Å². The molecule has 1 saturated carbocycles. The Kier molecular flexibility index (Phi) is 4.40. The number of aromatic carboxylic acids is 1. The number of aryl methyl sites for hydroxylation is 1. The molecule has 19 heavy (non-hydrogen) atoms. The first-order valence-corrected chi connectivity index (χ1v) is 7.08. The third-order valence-electron chi connectivity index (χ3n) is 3.97. The van der Waals surface area contributed by atoms with E-state index in [0.717, 1.165) is 18.5 Å². The lowest BCUT2D eigenvalue weighted by molar-refractivity contribution is 0.0696. The Balaban J connectivity index is 2.15. The van der Waals surface area contributed by atoms with Gasteiger partial charge in [0.1, 0.15) is 5.82 Å². The predicted molar refractivity (Wildman–Crippen MR) is 75.6 cm³/mol. The summed E-state index contributed by atoms with van der Waals surface area (Å²) in [7, 11) is 0. The molecule has 1 aromatic rings. The fourth-order valence-corrected chi connectivity index (χ4v) is 2.94. The zero-order valence-electron chi connectivity index (χ0n) is 11.6. The van der Waals surface area contributed by atoms with E-state index in [1.165, 1.54) is 19.3 Å². The van der Waals surface area contributed by atoms with Crippen LogP contribution >= 0.6 is 0 Å². The molecular formula is C15H22N2O2. The molecule has 1 fully saturated rings. The van der Waals surface area contributed by atoms with Crippen LogP contribution in [0, 0.1) is 12.8 Å². The van der Waals surface area contributed by atoms with Crippen LogP contribution in [0.4, 0.5) is 5.82 Å². The van der Waals surface area contributed by atoms with Gasteiger partial charge in [0.15, 0.2) is 0 Å². The molecule has 1 heterocycles. The van der Waals surface area contributed by atoms with Crippen LogP contribution in [-0.2, 0) is 0 Å². The van der Waals surface area contributed by atoms with E-state index in [1.807, 2.05) is 6.92 Å². The number of hydrogen-bond donors (Lipinski definition) is 2. The Morgan fingerprint density at radius 3 is 2.84 bits per heavy atom. The summed E-state index contributed by atoms with van der Waals surface area (Å²) in [5, 5.41) is 12.5. The average molecular weight is 262 g/mol. The maximum atomic E-state index is 11.1. The third-order valence-corrected chi connectivity index (χ3v) is 3.97. The number of nitrogens with one attached hydrogen (secondary N) is 1. The second-order valence-corrected chi connectivity index (χ2v) is 5.39. The van der Waals surface area contributed by atoms with Gasteiger partial charge < -0.3 is 10.4 Å². The van der Waals surface area contributed by atoms with Crippen LogP contribution in [0.3, 0.4) is 0 Å². The van der Waals surface area contributed by atoms with Gasteiger partial charge in [-0.25, -0.2) is 9.78 Å². The van der Waals surface area contributed by atoms with Crippen molar-refractivity contribution in [1.82, 2.24) is 4.98 Å². The van der Waals surface area contributed by atoms with Crippen molar-refractivity contribution in [3.63, 3.8) is 0 Å². The fourth-order valence-electron chi connectivity index (χ4n) is 2.94. The van der Waals surface area contributed by atoms with Gasteiger partial charge in [-0.3, -0.25) is 0 Å². The topological polar surface area (TPSA) is 62.2 Å². The molecule has 0 aromatic carbocycles. The highest BCUT2D eigenvalue weighted by Gasteiger charge is 2.24. The van der Waals surface area contributed by atoms with Crippen LogP contribution in [0.1, 0.15) is 55.1 Å². The van der Waals surface area contributed by atoms with Gasteiger partial charge in [0.05, 0.1) is 5.56 Å². The Morgan fingerprint density at radius 2 is 2.16 bits per heavy atom. The van der Waals surface area contributed by atoms with Gasteiger partial charge in [0.2, 0.25) is 0 Å². The van der Waals surface area contributed by atoms with Crippen molar-refractivity contribution in [2.45, 2.75) is 52.0 Å². The highest BCUT2D eigenvalue weighted by molar-refractivity contribution is 5.88. The number of rotatable bonds is 4. The lowest BCUT2D eigenvalue weighted by Gasteiger charge is -2.32. The number of carboxylic acid groups (broad SMARTS) is 1. The lowest BCUT2D eigenvalue weighted by Crippen LogP contribution is -2.32. The molecule has 2 N–H and O–H groups in total. The van der Waals surface area contributed by atoms with Crippen LogP contribution in [0.2, 0.25) is 0 Å². The van der Waals surface area contributed by atoms with E-state index in [0.29, 0.717) is 23.3 Å². The van der Waals surface area contributed by atoms with Gasteiger partial charge in [0.25, 0.3) is 0 Å². The summed E-state index contributed by atoms with van der Waals surface area (Å²) in [6.45, 7) is 4.05. The molecule has 0 radical (unpaired) electrons. The molecule has 104 valence electrons. The van der Waals surface area contributed by atoms with E-state index in [9.17, 15) is 4.79 Å². The van der Waals surface area contributed by atoms with Crippen molar-refractivity contribution in [2.24, 2.45) is 5.92 Å². The first kappa shape index (κ1) is 13.8. The Bertz CT molecular complexity index is 459. The van der Waals surface area contributed by atoms with Gasteiger partial charge in [-0.15, -0.1) is 0 Å². The predicted octanol–water partition coefficient (Wildman–Crippen LogP) is 3.47. The van der Waals surface area contributed by atoms with Gasteiger partial charge in [-0.2, -0.15) is 0 Å². The second kappa shape index (κ2) is 6.04. The number of pyridine rings is 1. The number of carboxylic acids is 1. The summed E-state index contributed by atoms with van der Waals surface area (Å²) in [6.07, 6.45) is 6.11. The normalized spacial score (nSPS) is 23.1. The molecule has 0 amide bonds. The van der Waals surface area contributed by atoms with Crippen molar-refractivity contribution in [1.29, 1.82) is 0 Å². The minimum Gasteiger partial charge on any atom is -0.478 e. The maximum absolute atomic E-state index is 11.1. The fraction of sp³-hybridized carbons (Fsp3) is 0.600. The lowest BCUT2D eigenvalue weighted by atomic mass is 9.83. The largest absolute Gasteiger partial charge is 0.478 e. The molecule has 1 aliphatic rings. The van der Waals surface area contributed by atoms with Crippen molar-refractivity contribution < 1.29 is 9.90 Å². The standard InChI is InChI=1S/C15H22N2O2/c1-3-11-6-4-5-7-13(11)17-14-9-12(15(18)19)8-10(2)16-14/h8-9,11,13H,3-7H2,1-2H3,(H,16,17)(H,18,19). The van der Waals surface area contributed by atoms with Gasteiger partial charge >= 0.3 is 5.97 Å². The van der Waals surface area contributed by atoms with Crippen LogP contribution in [-0.4, -0.2) is 22.1 Å². The molecule has 1 aromatic heterocycles. The van der Waals surface area contributed by atoms with E-state index < -0.39 is 5.97 Å². The number of hydrogen-bond acceptors (Lipinski definition) is 3. The Labute approximate surface area is 114 Å². The quantitative estimate of drug-likeness (QED) is 0.872. The molecule has 2 unspecified atom stereocenters. The van der Waals surface area contributed by atoms with E-state index in [2.05, 4.69) is 17.2 Å². The molecule has 1 aliphatic carbocycles. The van der Waals surface area contributed by atoms with Crippen molar-refractivity contribution in [3.8, 4) is 0 Å². The first-order chi connectivity index (χ1) is 9.10. The number of carbonyl (C=O) groups is 1. The summed E-state index contributed by atoms with van der Waals surface area (Å²) in [4.78, 5) is 15.5. The molecular weight excluding hydrogens is 240 g/mol. The highest BCUT2D eigenvalue weighted by atomic mass is 16.4. The number of anilines is 1. The molecule has 0 spiro atoms. The monoisotopic (exact) mass is 262 g/mol. The molecule has 0 aliphatic heterocycles. The van der Waals surface area contributed by atoms with Crippen molar-refractivity contribution >= 4 is 11.8 Å². The van der Waals surface area contributed by atoms with Crippen molar-refractivity contribution in [3.05, 3.63) is 23.4 Å². The highest BCUT2D eigenvalue weighted by Crippen LogP contribution is 2.29. The minimum absolute atomic E-state index is 0.304. The van der Waals surface area contributed by atoms with Crippen molar-refractivity contribution in [2.75, 3.05) is 5.32 Å². The number of nitrogens with zero attached hydrogens (tertiary/aromatic N) is 1. The Morgan fingerprint density at radius 1 is 1.42 bits per heavy atom. The van der Waals surface area contributed by atoms with Gasteiger partial charge in [-0.1, -0.05) is 26.2 Å². The summed E-state index contributed by atoms with van der Waals surface area (Å²) in [5.74, 6) is 0.469. The van der Waals surface area contributed by atoms with E-state index >= 15 is 0 Å². The second-order valence-electron chi connectivity index (χ2n) is 5.39.